The number of halogens is 1. The minimum atomic E-state index is -0.162. The first kappa shape index (κ1) is 17.3. The third kappa shape index (κ3) is 4.75. The van der Waals surface area contributed by atoms with E-state index >= 15 is 0 Å². The fraction of sp³-hybridized carbons (Fsp3) is 0.0526. The van der Waals surface area contributed by atoms with E-state index in [4.69, 9.17) is 16.3 Å². The molecule has 1 saturated heterocycles. The van der Waals surface area contributed by atoms with E-state index in [1.165, 1.54) is 11.8 Å². The quantitative estimate of drug-likeness (QED) is 0.607. The van der Waals surface area contributed by atoms with E-state index < -0.39 is 0 Å². The molecule has 0 radical (unpaired) electrons. The maximum atomic E-state index is 12.1. The Morgan fingerprint density at radius 3 is 2.56 bits per heavy atom. The molecular weight excluding hydrogens is 356 g/mol. The van der Waals surface area contributed by atoms with Gasteiger partial charge in [-0.2, -0.15) is 0 Å². The van der Waals surface area contributed by atoms with Crippen LogP contribution in [0.4, 0.5) is 5.69 Å². The molecule has 0 aromatic heterocycles. The second-order valence-electron chi connectivity index (χ2n) is 5.13. The van der Waals surface area contributed by atoms with Crippen molar-refractivity contribution in [3.05, 3.63) is 76.7 Å². The fourth-order valence-corrected chi connectivity index (χ4v) is 3.05. The van der Waals surface area contributed by atoms with Gasteiger partial charge < -0.3 is 10.1 Å². The van der Waals surface area contributed by atoms with Crippen molar-refractivity contribution >= 4 is 46.2 Å². The summed E-state index contributed by atoms with van der Waals surface area (Å²) in [5.74, 6) is 0.597. The van der Waals surface area contributed by atoms with Crippen LogP contribution in [0.5, 0.6) is 5.75 Å². The van der Waals surface area contributed by atoms with Crippen LogP contribution in [0.1, 0.15) is 5.56 Å². The van der Waals surface area contributed by atoms with Gasteiger partial charge in [-0.1, -0.05) is 36.4 Å². The number of nitrogens with one attached hydrogen (secondary N) is 1. The lowest BCUT2D eigenvalue weighted by atomic mass is 10.2. The van der Waals surface area contributed by atoms with Crippen LogP contribution in [0.3, 0.4) is 0 Å². The Morgan fingerprint density at radius 2 is 1.88 bits per heavy atom. The SMILES string of the molecule is C=CCOc1ccc(/C=C2\SC(=Nc3ccc(Cl)cc3)NC2=O)cc1. The zero-order chi connectivity index (χ0) is 17.6. The third-order valence-corrected chi connectivity index (χ3v) is 4.42. The zero-order valence-corrected chi connectivity index (χ0v) is 14.8. The lowest BCUT2D eigenvalue weighted by Gasteiger charge is -2.03. The highest BCUT2D eigenvalue weighted by Crippen LogP contribution is 2.28. The second kappa shape index (κ2) is 8.05. The van der Waals surface area contributed by atoms with Crippen LogP contribution in [0.2, 0.25) is 5.02 Å². The normalized spacial score (nSPS) is 16.9. The maximum Gasteiger partial charge on any atom is 0.264 e. The number of hydrogen-bond acceptors (Lipinski definition) is 4. The van der Waals surface area contributed by atoms with E-state index in [9.17, 15) is 4.79 Å². The molecule has 126 valence electrons. The van der Waals surface area contributed by atoms with Gasteiger partial charge in [-0.25, -0.2) is 4.99 Å². The van der Waals surface area contributed by atoms with Crippen LogP contribution in [0.25, 0.3) is 6.08 Å². The molecule has 1 fully saturated rings. The summed E-state index contributed by atoms with van der Waals surface area (Å²) in [5, 5.41) is 3.96. The van der Waals surface area contributed by atoms with Gasteiger partial charge in [-0.15, -0.1) is 0 Å². The minimum absolute atomic E-state index is 0.162. The number of amides is 1. The number of aliphatic imine (C=N–C) groups is 1. The van der Waals surface area contributed by atoms with Crippen molar-refractivity contribution < 1.29 is 9.53 Å². The number of amidine groups is 1. The van der Waals surface area contributed by atoms with Crippen molar-refractivity contribution in [3.8, 4) is 5.75 Å². The van der Waals surface area contributed by atoms with Gasteiger partial charge >= 0.3 is 0 Å². The van der Waals surface area contributed by atoms with Crippen LogP contribution in [0, 0.1) is 0 Å². The van der Waals surface area contributed by atoms with Gasteiger partial charge in [0.15, 0.2) is 5.17 Å². The number of carbonyl (C=O) groups is 1. The first-order chi connectivity index (χ1) is 12.1. The molecule has 0 spiro atoms. The number of hydrogen-bond donors (Lipinski definition) is 1. The zero-order valence-electron chi connectivity index (χ0n) is 13.2. The van der Waals surface area contributed by atoms with E-state index in [1.807, 2.05) is 30.3 Å². The topological polar surface area (TPSA) is 50.7 Å². The third-order valence-electron chi connectivity index (χ3n) is 3.25. The lowest BCUT2D eigenvalue weighted by molar-refractivity contribution is -0.115. The Kier molecular flexibility index (Phi) is 5.58. The van der Waals surface area contributed by atoms with Crippen molar-refractivity contribution in [1.29, 1.82) is 0 Å². The van der Waals surface area contributed by atoms with Gasteiger partial charge in [-0.3, -0.25) is 4.79 Å². The summed E-state index contributed by atoms with van der Waals surface area (Å²) in [6, 6.07) is 14.6. The number of carbonyl (C=O) groups excluding carboxylic acids is 1. The molecular formula is C19H15ClN2O2S. The number of rotatable bonds is 5. The smallest absolute Gasteiger partial charge is 0.264 e. The van der Waals surface area contributed by atoms with Crippen molar-refractivity contribution in [2.75, 3.05) is 6.61 Å². The molecule has 0 atom stereocenters. The van der Waals surface area contributed by atoms with Crippen LogP contribution >= 0.6 is 23.4 Å². The van der Waals surface area contributed by atoms with Crippen molar-refractivity contribution in [3.63, 3.8) is 0 Å². The average Bonchev–Trinajstić information content (AvgIpc) is 2.95. The summed E-state index contributed by atoms with van der Waals surface area (Å²) in [6.45, 7) is 4.07. The van der Waals surface area contributed by atoms with Crippen molar-refractivity contribution in [1.82, 2.24) is 5.32 Å². The largest absolute Gasteiger partial charge is 0.490 e. The number of nitrogens with zero attached hydrogens (tertiary/aromatic N) is 1. The lowest BCUT2D eigenvalue weighted by Crippen LogP contribution is -2.19. The van der Waals surface area contributed by atoms with E-state index in [0.717, 1.165) is 17.0 Å². The molecule has 1 amide bonds. The summed E-state index contributed by atoms with van der Waals surface area (Å²) >= 11 is 7.16. The molecule has 0 unspecified atom stereocenters. The molecule has 1 aliphatic rings. The van der Waals surface area contributed by atoms with E-state index in [0.29, 0.717) is 21.7 Å². The van der Waals surface area contributed by atoms with Crippen LogP contribution in [-0.2, 0) is 4.79 Å². The summed E-state index contributed by atoms with van der Waals surface area (Å²) in [7, 11) is 0. The Morgan fingerprint density at radius 1 is 1.16 bits per heavy atom. The number of thioether (sulfide) groups is 1. The standard InChI is InChI=1S/C19H15ClN2O2S/c1-2-11-24-16-9-3-13(4-10-16)12-17-18(23)22-19(25-17)21-15-7-5-14(20)6-8-15/h2-10,12H,1,11H2,(H,21,22,23)/b17-12-. The number of benzene rings is 2. The van der Waals surface area contributed by atoms with Crippen molar-refractivity contribution in [2.24, 2.45) is 4.99 Å². The molecule has 1 heterocycles. The predicted molar refractivity (Wildman–Crippen MR) is 104 cm³/mol. The summed E-state index contributed by atoms with van der Waals surface area (Å²) in [4.78, 5) is 17.1. The molecule has 4 nitrogen and oxygen atoms in total. The van der Waals surface area contributed by atoms with Gasteiger partial charge in [0.25, 0.3) is 5.91 Å². The molecule has 1 aliphatic heterocycles. The molecule has 0 aliphatic carbocycles. The molecule has 25 heavy (non-hydrogen) atoms. The molecule has 1 N–H and O–H groups in total. The van der Waals surface area contributed by atoms with Crippen LogP contribution < -0.4 is 10.1 Å². The highest BCUT2D eigenvalue weighted by Gasteiger charge is 2.23. The van der Waals surface area contributed by atoms with Gasteiger partial charge in [0.2, 0.25) is 0 Å². The minimum Gasteiger partial charge on any atom is -0.490 e. The fourth-order valence-electron chi connectivity index (χ4n) is 2.08. The van der Waals surface area contributed by atoms with Gasteiger partial charge in [0.1, 0.15) is 12.4 Å². The van der Waals surface area contributed by atoms with E-state index in [1.54, 1.807) is 30.3 Å². The molecule has 6 heteroatoms. The second-order valence-corrected chi connectivity index (χ2v) is 6.59. The number of ether oxygens (including phenoxy) is 1. The Hall–Kier alpha value is -2.50. The van der Waals surface area contributed by atoms with Gasteiger partial charge in [0, 0.05) is 5.02 Å². The van der Waals surface area contributed by atoms with Crippen LogP contribution in [-0.4, -0.2) is 17.7 Å². The summed E-state index contributed by atoms with van der Waals surface area (Å²) in [6.07, 6.45) is 3.51. The first-order valence-electron chi connectivity index (χ1n) is 7.53. The van der Waals surface area contributed by atoms with Gasteiger partial charge in [-0.05, 0) is 59.8 Å². The Bertz CT molecular complexity index is 843. The highest BCUT2D eigenvalue weighted by atomic mass is 35.5. The molecule has 2 aromatic carbocycles. The summed E-state index contributed by atoms with van der Waals surface area (Å²) in [5.41, 5.74) is 1.65. The Balaban J connectivity index is 1.72. The monoisotopic (exact) mass is 370 g/mol. The summed E-state index contributed by atoms with van der Waals surface area (Å²) < 4.78 is 5.44. The maximum absolute atomic E-state index is 12.1. The van der Waals surface area contributed by atoms with E-state index in [2.05, 4.69) is 16.9 Å². The molecule has 0 bridgehead atoms. The van der Waals surface area contributed by atoms with E-state index in [-0.39, 0.29) is 5.91 Å². The van der Waals surface area contributed by atoms with Gasteiger partial charge in [0.05, 0.1) is 10.6 Å². The Labute approximate surface area is 155 Å². The van der Waals surface area contributed by atoms with Crippen molar-refractivity contribution in [2.45, 2.75) is 0 Å². The first-order valence-corrected chi connectivity index (χ1v) is 8.72. The molecule has 0 saturated carbocycles. The van der Waals surface area contributed by atoms with Crippen LogP contribution in [0.15, 0.2) is 71.1 Å². The highest BCUT2D eigenvalue weighted by molar-refractivity contribution is 8.18. The average molecular weight is 371 g/mol. The predicted octanol–water partition coefficient (Wildman–Crippen LogP) is 4.80. The molecule has 3 rings (SSSR count). The molecule has 2 aromatic rings.